The summed E-state index contributed by atoms with van der Waals surface area (Å²) in [6.45, 7) is 4.78. The van der Waals surface area contributed by atoms with E-state index in [2.05, 4.69) is 183 Å². The summed E-state index contributed by atoms with van der Waals surface area (Å²) < 4.78 is 0. The first-order chi connectivity index (χ1) is 26.5. The molecule has 6 aromatic carbocycles. The Bertz CT molecular complexity index is 2540. The lowest BCUT2D eigenvalue weighted by atomic mass is 9.79. The van der Waals surface area contributed by atoms with Crippen LogP contribution in [-0.4, -0.2) is 6.04 Å². The lowest BCUT2D eigenvalue weighted by molar-refractivity contribution is 0.618. The molecule has 0 aliphatic heterocycles. The van der Waals surface area contributed by atoms with Crippen molar-refractivity contribution in [2.45, 2.75) is 69.7 Å². The summed E-state index contributed by atoms with van der Waals surface area (Å²) in [6, 6.07) is 49.0. The molecule has 0 bridgehead atoms. The van der Waals surface area contributed by atoms with Crippen LogP contribution in [-0.2, 0) is 18.3 Å². The lowest BCUT2D eigenvalue weighted by Gasteiger charge is -2.33. The molecule has 0 N–H and O–H groups in total. The van der Waals surface area contributed by atoms with E-state index >= 15 is 0 Å². The monoisotopic (exact) mass is 697 g/mol. The van der Waals surface area contributed by atoms with Gasteiger partial charge in [0.25, 0.3) is 0 Å². The van der Waals surface area contributed by atoms with Gasteiger partial charge in [0.2, 0.25) is 0 Å². The Morgan fingerprint density at radius 2 is 1.41 bits per heavy atom. The van der Waals surface area contributed by atoms with Crippen molar-refractivity contribution in [1.29, 1.82) is 0 Å². The molecule has 0 heterocycles. The first kappa shape index (κ1) is 32.9. The molecule has 0 spiro atoms. The maximum absolute atomic E-state index is 2.55. The van der Waals surface area contributed by atoms with Gasteiger partial charge in [-0.1, -0.05) is 147 Å². The molecule has 6 aromatic rings. The maximum Gasteiger partial charge on any atom is 0.0559 e. The summed E-state index contributed by atoms with van der Waals surface area (Å²) >= 11 is 0. The third-order valence-electron chi connectivity index (χ3n) is 12.7. The van der Waals surface area contributed by atoms with Crippen molar-refractivity contribution in [1.82, 2.24) is 0 Å². The van der Waals surface area contributed by atoms with E-state index in [-0.39, 0.29) is 11.5 Å². The lowest BCUT2D eigenvalue weighted by Crippen LogP contribution is -2.30. The highest BCUT2D eigenvalue weighted by molar-refractivity contribution is 5.92. The van der Waals surface area contributed by atoms with Crippen molar-refractivity contribution in [2.24, 2.45) is 0 Å². The highest BCUT2D eigenvalue weighted by Gasteiger charge is 2.39. The second-order valence-electron chi connectivity index (χ2n) is 16.3. The number of aryl methyl sites for hydroxylation is 1. The summed E-state index contributed by atoms with van der Waals surface area (Å²) in [7, 11) is 0. The first-order valence-corrected chi connectivity index (χ1v) is 20.0. The van der Waals surface area contributed by atoms with Crippen LogP contribution in [0.2, 0.25) is 0 Å². The molecule has 0 fully saturated rings. The van der Waals surface area contributed by atoms with E-state index in [1.165, 1.54) is 83.4 Å². The standard InChI is InChI=1S/C53H47N/c1-53(2)51-19-11-10-18-48(51)50-35-46(30-31-52(50)53)54(44-15-4-3-5-16-44)45-28-26-37(27-29-45)42-25-22-38-21-24-41(33-43-14-8-9-17-47(43)49(38)34-42)40-23-20-36-12-6-7-13-39(36)32-40/h3-9,12-15,17-20,22-23,25-32,34-35,41,44H,10-11,16,21,24,33H2,1-2H3. The van der Waals surface area contributed by atoms with Gasteiger partial charge >= 0.3 is 0 Å². The van der Waals surface area contributed by atoms with Gasteiger partial charge in [-0.15, -0.1) is 0 Å². The summed E-state index contributed by atoms with van der Waals surface area (Å²) in [6.07, 6.45) is 20.5. The number of nitrogens with zero attached hydrogens (tertiary/aromatic N) is 1. The van der Waals surface area contributed by atoms with Crippen LogP contribution in [0.15, 0.2) is 169 Å². The fourth-order valence-corrected chi connectivity index (χ4v) is 9.85. The molecular formula is C53H47N. The largest absolute Gasteiger partial charge is 0.334 e. The molecule has 0 radical (unpaired) electrons. The van der Waals surface area contributed by atoms with E-state index in [1.807, 2.05) is 0 Å². The van der Waals surface area contributed by atoms with Crippen LogP contribution in [0, 0.1) is 0 Å². The Labute approximate surface area is 320 Å². The van der Waals surface area contributed by atoms with Crippen molar-refractivity contribution >= 4 is 27.7 Å². The van der Waals surface area contributed by atoms with E-state index in [1.54, 1.807) is 0 Å². The quantitative estimate of drug-likeness (QED) is 0.173. The molecule has 1 heteroatoms. The second-order valence-corrected chi connectivity index (χ2v) is 16.3. The molecule has 2 atom stereocenters. The topological polar surface area (TPSA) is 3.24 Å². The van der Waals surface area contributed by atoms with Crippen LogP contribution in [0.4, 0.5) is 11.4 Å². The van der Waals surface area contributed by atoms with Gasteiger partial charge < -0.3 is 4.90 Å². The van der Waals surface area contributed by atoms with Crippen LogP contribution < -0.4 is 4.90 Å². The number of benzene rings is 6. The van der Waals surface area contributed by atoms with Crippen molar-refractivity contribution in [2.75, 3.05) is 4.90 Å². The van der Waals surface area contributed by atoms with Crippen LogP contribution in [0.5, 0.6) is 0 Å². The Morgan fingerprint density at radius 3 is 2.28 bits per heavy atom. The van der Waals surface area contributed by atoms with Gasteiger partial charge in [-0.2, -0.15) is 0 Å². The van der Waals surface area contributed by atoms with Crippen molar-refractivity contribution in [3.63, 3.8) is 0 Å². The zero-order chi connectivity index (χ0) is 36.2. The second kappa shape index (κ2) is 13.3. The average molecular weight is 698 g/mol. The fraction of sp³-hybridized carbons (Fsp3) is 0.208. The Hall–Kier alpha value is -5.66. The van der Waals surface area contributed by atoms with Crippen LogP contribution in [0.3, 0.4) is 0 Å². The first-order valence-electron chi connectivity index (χ1n) is 20.0. The molecule has 4 aliphatic rings. The highest BCUT2D eigenvalue weighted by Crippen LogP contribution is 2.52. The van der Waals surface area contributed by atoms with E-state index in [0.29, 0.717) is 5.92 Å². The van der Waals surface area contributed by atoms with Crippen LogP contribution in [0.25, 0.3) is 38.6 Å². The third kappa shape index (κ3) is 5.69. The zero-order valence-corrected chi connectivity index (χ0v) is 31.4. The van der Waals surface area contributed by atoms with Gasteiger partial charge in [-0.05, 0) is 147 Å². The predicted molar refractivity (Wildman–Crippen MR) is 230 cm³/mol. The van der Waals surface area contributed by atoms with E-state index in [0.717, 1.165) is 38.5 Å². The molecule has 264 valence electrons. The van der Waals surface area contributed by atoms with Gasteiger partial charge in [-0.25, -0.2) is 0 Å². The van der Waals surface area contributed by atoms with Crippen LogP contribution >= 0.6 is 0 Å². The maximum atomic E-state index is 2.55. The molecular weight excluding hydrogens is 651 g/mol. The summed E-state index contributed by atoms with van der Waals surface area (Å²) in [5, 5.41) is 2.65. The van der Waals surface area contributed by atoms with Crippen molar-refractivity contribution < 1.29 is 0 Å². The molecule has 0 amide bonds. The minimum atomic E-state index is 0.0482. The Kier molecular flexibility index (Phi) is 8.13. The van der Waals surface area contributed by atoms with E-state index in [9.17, 15) is 0 Å². The summed E-state index contributed by atoms with van der Waals surface area (Å²) in [5.41, 5.74) is 18.0. The van der Waals surface area contributed by atoms with Gasteiger partial charge in [0.15, 0.2) is 0 Å². The SMILES string of the molecule is CC1(C)C2=CCCC=C2c2cc(N(c3ccc(-c4ccc5c(c4)-c4ccccc4CC(c4ccc6ccccc6c4)CC5)cc3)C3C=CC=CC3)ccc21. The van der Waals surface area contributed by atoms with Crippen LogP contribution in [0.1, 0.15) is 73.3 Å². The molecule has 54 heavy (non-hydrogen) atoms. The minimum Gasteiger partial charge on any atom is -0.334 e. The number of allylic oxidation sites excluding steroid dienone is 6. The number of rotatable bonds is 5. The molecule has 1 nitrogen and oxygen atoms in total. The van der Waals surface area contributed by atoms with Gasteiger partial charge in [0.1, 0.15) is 0 Å². The Balaban J connectivity index is 0.977. The Morgan fingerprint density at radius 1 is 0.611 bits per heavy atom. The van der Waals surface area contributed by atoms with Crippen molar-refractivity contribution in [3.05, 3.63) is 197 Å². The number of fused-ring (bicyclic) bond motifs is 7. The molecule has 0 saturated carbocycles. The molecule has 10 rings (SSSR count). The van der Waals surface area contributed by atoms with Gasteiger partial charge in [0.05, 0.1) is 6.04 Å². The number of hydrogen-bond donors (Lipinski definition) is 0. The molecule has 4 aliphatic carbocycles. The highest BCUT2D eigenvalue weighted by atomic mass is 15.2. The summed E-state index contributed by atoms with van der Waals surface area (Å²) in [4.78, 5) is 2.55. The number of anilines is 2. The molecule has 0 saturated heterocycles. The normalized spacial score (nSPS) is 19.4. The van der Waals surface area contributed by atoms with Gasteiger partial charge in [0, 0.05) is 16.8 Å². The molecule has 0 aromatic heterocycles. The van der Waals surface area contributed by atoms with Gasteiger partial charge in [-0.3, -0.25) is 0 Å². The smallest absolute Gasteiger partial charge is 0.0559 e. The van der Waals surface area contributed by atoms with E-state index in [4.69, 9.17) is 0 Å². The minimum absolute atomic E-state index is 0.0482. The average Bonchev–Trinajstić information content (AvgIpc) is 3.45. The van der Waals surface area contributed by atoms with E-state index < -0.39 is 0 Å². The summed E-state index contributed by atoms with van der Waals surface area (Å²) in [5.74, 6) is 0.489. The number of hydrogen-bond acceptors (Lipinski definition) is 1. The third-order valence-corrected chi connectivity index (χ3v) is 12.7. The fourth-order valence-electron chi connectivity index (χ4n) is 9.85. The molecule has 2 unspecified atom stereocenters. The predicted octanol–water partition coefficient (Wildman–Crippen LogP) is 13.9. The van der Waals surface area contributed by atoms with Crippen molar-refractivity contribution in [3.8, 4) is 22.3 Å². The zero-order valence-electron chi connectivity index (χ0n) is 31.4.